The highest BCUT2D eigenvalue weighted by molar-refractivity contribution is 8.06. The van der Waals surface area contributed by atoms with Crippen LogP contribution in [0, 0.1) is 0 Å². The third-order valence-corrected chi connectivity index (χ3v) is 4.92. The van der Waals surface area contributed by atoms with E-state index in [-0.39, 0.29) is 5.97 Å². The molecule has 1 atom stereocenters. The quantitative estimate of drug-likeness (QED) is 0.230. The number of carbonyl (C=O) groups is 1. The predicted molar refractivity (Wildman–Crippen MR) is 94.2 cm³/mol. The molecule has 1 unspecified atom stereocenters. The number of ether oxygens (including phenoxy) is 1. The van der Waals surface area contributed by atoms with Gasteiger partial charge in [0, 0.05) is 17.4 Å². The van der Waals surface area contributed by atoms with E-state index in [2.05, 4.69) is 18.3 Å². The zero-order valence-corrected chi connectivity index (χ0v) is 14.1. The van der Waals surface area contributed by atoms with Crippen LogP contribution in [-0.2, 0) is 4.74 Å². The van der Waals surface area contributed by atoms with Crippen molar-refractivity contribution in [1.29, 1.82) is 0 Å². The first-order valence-electron chi connectivity index (χ1n) is 8.32. The maximum atomic E-state index is 11.8. The van der Waals surface area contributed by atoms with Crippen LogP contribution >= 0.6 is 11.8 Å². The number of esters is 1. The SMILES string of the molecule is C=C(CCCCCCCCC1CS1)OC(=O)c1ccccc1. The Morgan fingerprint density at radius 3 is 2.41 bits per heavy atom. The maximum Gasteiger partial charge on any atom is 0.343 e. The molecule has 1 fully saturated rings. The van der Waals surface area contributed by atoms with Gasteiger partial charge in [0.25, 0.3) is 0 Å². The lowest BCUT2D eigenvalue weighted by atomic mass is 10.1. The van der Waals surface area contributed by atoms with Gasteiger partial charge in [-0.05, 0) is 25.0 Å². The van der Waals surface area contributed by atoms with Crippen LogP contribution in [0.3, 0.4) is 0 Å². The molecule has 0 radical (unpaired) electrons. The van der Waals surface area contributed by atoms with Crippen molar-refractivity contribution in [1.82, 2.24) is 0 Å². The highest BCUT2D eigenvalue weighted by Gasteiger charge is 2.20. The van der Waals surface area contributed by atoms with E-state index in [0.29, 0.717) is 11.3 Å². The Hall–Kier alpha value is -1.22. The van der Waals surface area contributed by atoms with Gasteiger partial charge in [-0.25, -0.2) is 4.79 Å². The van der Waals surface area contributed by atoms with Crippen LogP contribution in [0.4, 0.5) is 0 Å². The number of thioether (sulfide) groups is 1. The van der Waals surface area contributed by atoms with Crippen molar-refractivity contribution in [3.8, 4) is 0 Å². The van der Waals surface area contributed by atoms with Crippen LogP contribution < -0.4 is 0 Å². The molecule has 0 saturated carbocycles. The van der Waals surface area contributed by atoms with Gasteiger partial charge in [-0.1, -0.05) is 56.9 Å². The number of benzene rings is 1. The molecule has 0 amide bonds. The Bertz CT molecular complexity index is 466. The smallest absolute Gasteiger partial charge is 0.343 e. The van der Waals surface area contributed by atoms with E-state index in [0.717, 1.165) is 18.1 Å². The molecule has 1 heterocycles. The second kappa shape index (κ2) is 9.73. The van der Waals surface area contributed by atoms with Gasteiger partial charge in [-0.2, -0.15) is 11.8 Å². The summed E-state index contributed by atoms with van der Waals surface area (Å²) in [4.78, 5) is 11.8. The van der Waals surface area contributed by atoms with Crippen molar-refractivity contribution in [2.24, 2.45) is 0 Å². The van der Waals surface area contributed by atoms with Crippen LogP contribution in [0.25, 0.3) is 0 Å². The number of hydrogen-bond donors (Lipinski definition) is 0. The van der Waals surface area contributed by atoms with E-state index < -0.39 is 0 Å². The van der Waals surface area contributed by atoms with E-state index >= 15 is 0 Å². The van der Waals surface area contributed by atoms with E-state index in [1.807, 2.05) is 18.2 Å². The Balaban J connectivity index is 1.46. The summed E-state index contributed by atoms with van der Waals surface area (Å²) in [5, 5.41) is 0.989. The van der Waals surface area contributed by atoms with Gasteiger partial charge in [-0.3, -0.25) is 0 Å². The molecule has 0 aromatic heterocycles. The Morgan fingerprint density at radius 2 is 1.73 bits per heavy atom. The van der Waals surface area contributed by atoms with E-state index in [9.17, 15) is 4.79 Å². The maximum absolute atomic E-state index is 11.8. The molecule has 2 rings (SSSR count). The number of hydrogen-bond acceptors (Lipinski definition) is 3. The topological polar surface area (TPSA) is 26.3 Å². The molecule has 0 spiro atoms. The first kappa shape index (κ1) is 17.1. The standard InChI is InChI=1S/C19H26O2S/c1-16(21-19(20)17-12-8-6-9-13-17)11-7-4-2-3-5-10-14-18-15-22-18/h6,8-9,12-13,18H,1-5,7,10-11,14-15H2. The van der Waals surface area contributed by atoms with Crippen LogP contribution in [0.15, 0.2) is 42.7 Å². The number of carbonyl (C=O) groups excluding carboxylic acids is 1. The van der Waals surface area contributed by atoms with Gasteiger partial charge in [0.2, 0.25) is 0 Å². The van der Waals surface area contributed by atoms with Gasteiger partial charge in [0.1, 0.15) is 5.76 Å². The lowest BCUT2D eigenvalue weighted by Crippen LogP contribution is -2.04. The number of unbranched alkanes of at least 4 members (excludes halogenated alkanes) is 5. The largest absolute Gasteiger partial charge is 0.428 e. The minimum Gasteiger partial charge on any atom is -0.428 e. The normalized spacial score (nSPS) is 16.3. The van der Waals surface area contributed by atoms with Crippen LogP contribution in [0.2, 0.25) is 0 Å². The van der Waals surface area contributed by atoms with Crippen molar-refractivity contribution >= 4 is 17.7 Å². The summed E-state index contributed by atoms with van der Waals surface area (Å²) in [5.74, 6) is 1.67. The van der Waals surface area contributed by atoms with Crippen molar-refractivity contribution in [2.75, 3.05) is 5.75 Å². The number of allylic oxidation sites excluding steroid dienone is 1. The summed E-state index contributed by atoms with van der Waals surface area (Å²) < 4.78 is 5.28. The Morgan fingerprint density at radius 1 is 1.09 bits per heavy atom. The van der Waals surface area contributed by atoms with Crippen LogP contribution in [-0.4, -0.2) is 17.0 Å². The molecule has 120 valence electrons. The molecule has 1 aromatic carbocycles. The summed E-state index contributed by atoms with van der Waals surface area (Å²) in [5.41, 5.74) is 0.581. The van der Waals surface area contributed by atoms with Crippen molar-refractivity contribution < 1.29 is 9.53 Å². The molecule has 22 heavy (non-hydrogen) atoms. The third kappa shape index (κ3) is 7.17. The first-order valence-corrected chi connectivity index (χ1v) is 9.37. The molecule has 1 saturated heterocycles. The molecule has 1 aliphatic rings. The van der Waals surface area contributed by atoms with Crippen LogP contribution in [0.1, 0.15) is 61.7 Å². The van der Waals surface area contributed by atoms with E-state index in [1.165, 1.54) is 44.3 Å². The second-order valence-electron chi connectivity index (χ2n) is 5.91. The molecule has 1 aliphatic heterocycles. The monoisotopic (exact) mass is 318 g/mol. The summed E-state index contributed by atoms with van der Waals surface area (Å²) in [6.45, 7) is 3.85. The van der Waals surface area contributed by atoms with Gasteiger partial charge < -0.3 is 4.74 Å². The van der Waals surface area contributed by atoms with E-state index in [1.54, 1.807) is 12.1 Å². The van der Waals surface area contributed by atoms with Gasteiger partial charge in [-0.15, -0.1) is 0 Å². The molecule has 1 aromatic rings. The molecular weight excluding hydrogens is 292 g/mol. The Kier molecular flexibility index (Phi) is 7.58. The highest BCUT2D eigenvalue weighted by atomic mass is 32.2. The fourth-order valence-electron chi connectivity index (χ4n) is 2.45. The molecule has 0 bridgehead atoms. The second-order valence-corrected chi connectivity index (χ2v) is 7.24. The molecule has 0 N–H and O–H groups in total. The van der Waals surface area contributed by atoms with Gasteiger partial charge in [0.15, 0.2) is 0 Å². The van der Waals surface area contributed by atoms with E-state index in [4.69, 9.17) is 4.74 Å². The molecule has 0 aliphatic carbocycles. The summed E-state index contributed by atoms with van der Waals surface area (Å²) in [6, 6.07) is 9.07. The lowest BCUT2D eigenvalue weighted by Gasteiger charge is -2.07. The lowest BCUT2D eigenvalue weighted by molar-refractivity contribution is 0.0614. The third-order valence-electron chi connectivity index (χ3n) is 3.88. The fourth-order valence-corrected chi connectivity index (χ4v) is 3.09. The van der Waals surface area contributed by atoms with Crippen LogP contribution in [0.5, 0.6) is 0 Å². The summed E-state index contributed by atoms with van der Waals surface area (Å²) >= 11 is 2.10. The molecular formula is C19H26O2S. The molecule has 2 nitrogen and oxygen atoms in total. The van der Waals surface area contributed by atoms with Crippen molar-refractivity contribution in [2.45, 2.75) is 56.6 Å². The predicted octanol–water partition coefficient (Wildman–Crippen LogP) is 5.59. The minimum absolute atomic E-state index is 0.302. The first-order chi connectivity index (χ1) is 10.8. The van der Waals surface area contributed by atoms with Crippen molar-refractivity contribution in [3.05, 3.63) is 48.2 Å². The van der Waals surface area contributed by atoms with Gasteiger partial charge in [0.05, 0.1) is 5.56 Å². The zero-order chi connectivity index (χ0) is 15.6. The highest BCUT2D eigenvalue weighted by Crippen LogP contribution is 2.34. The molecule has 3 heteroatoms. The zero-order valence-electron chi connectivity index (χ0n) is 13.3. The average molecular weight is 318 g/mol. The average Bonchev–Trinajstić information content (AvgIpc) is 3.35. The minimum atomic E-state index is -0.302. The van der Waals surface area contributed by atoms with Gasteiger partial charge >= 0.3 is 5.97 Å². The summed E-state index contributed by atoms with van der Waals surface area (Å²) in [7, 11) is 0. The number of rotatable bonds is 11. The fraction of sp³-hybridized carbons (Fsp3) is 0.526. The summed E-state index contributed by atoms with van der Waals surface area (Å²) in [6.07, 6.45) is 9.79. The van der Waals surface area contributed by atoms with Crippen molar-refractivity contribution in [3.63, 3.8) is 0 Å². The Labute approximate surface area is 138 Å².